The number of allylic oxidation sites excluding steroid dienone is 1. The molecule has 6 heteroatoms. The van der Waals surface area contributed by atoms with Crippen LogP contribution in [0.1, 0.15) is 25.7 Å². The lowest BCUT2D eigenvalue weighted by molar-refractivity contribution is 0.0989. The second-order valence-electron chi connectivity index (χ2n) is 9.00. The monoisotopic (exact) mass is 509 g/mol. The standard InChI is InChI=1S/C32H19N3O2S/c36-31-24-18-21-9-5-7-13-27(21)34-30(24)32(37)25(31)19-23-15-17-29(38-23)35(22-10-2-1-3-11-22)28-16-14-20-8-4-6-12-26(20)33-28/h1-19H/b25-19+. The summed E-state index contributed by atoms with van der Waals surface area (Å²) in [7, 11) is 0. The quantitative estimate of drug-likeness (QED) is 0.179. The van der Waals surface area contributed by atoms with Crippen LogP contribution >= 0.6 is 11.3 Å². The summed E-state index contributed by atoms with van der Waals surface area (Å²) in [6.45, 7) is 0. The molecule has 3 aromatic heterocycles. The maximum absolute atomic E-state index is 13.2. The molecule has 0 bridgehead atoms. The fourth-order valence-electron chi connectivity index (χ4n) is 4.78. The van der Waals surface area contributed by atoms with Crippen molar-refractivity contribution >= 4 is 67.3 Å². The third kappa shape index (κ3) is 3.70. The molecule has 180 valence electrons. The maximum Gasteiger partial charge on any atom is 0.216 e. The van der Waals surface area contributed by atoms with Crippen molar-refractivity contribution in [3.8, 4) is 0 Å². The fourth-order valence-corrected chi connectivity index (χ4v) is 5.76. The highest BCUT2D eigenvalue weighted by Gasteiger charge is 2.35. The van der Waals surface area contributed by atoms with E-state index in [4.69, 9.17) is 4.98 Å². The van der Waals surface area contributed by atoms with Gasteiger partial charge in [0.15, 0.2) is 5.78 Å². The first-order valence-corrected chi connectivity index (χ1v) is 13.0. The Hall–Kier alpha value is -4.94. The molecule has 1 aliphatic rings. The van der Waals surface area contributed by atoms with Gasteiger partial charge in [-0.05, 0) is 60.7 Å². The van der Waals surface area contributed by atoms with E-state index in [1.165, 1.54) is 11.3 Å². The summed E-state index contributed by atoms with van der Waals surface area (Å²) in [5.74, 6) is 0.170. The number of benzene rings is 3. The van der Waals surface area contributed by atoms with Crippen LogP contribution in [-0.4, -0.2) is 21.5 Å². The van der Waals surface area contributed by atoms with Gasteiger partial charge >= 0.3 is 0 Å². The van der Waals surface area contributed by atoms with Crippen molar-refractivity contribution in [2.75, 3.05) is 4.90 Å². The van der Waals surface area contributed by atoms with Crippen molar-refractivity contribution < 1.29 is 9.59 Å². The van der Waals surface area contributed by atoms with Crippen molar-refractivity contribution in [3.63, 3.8) is 0 Å². The minimum atomic E-state index is -0.332. The number of para-hydroxylation sites is 3. The lowest BCUT2D eigenvalue weighted by Gasteiger charge is -2.22. The number of nitrogens with zero attached hydrogens (tertiary/aromatic N) is 3. The minimum Gasteiger partial charge on any atom is -0.288 e. The van der Waals surface area contributed by atoms with E-state index in [9.17, 15) is 9.59 Å². The first kappa shape index (κ1) is 22.3. The number of carbonyl (C=O) groups is 2. The van der Waals surface area contributed by atoms with Gasteiger partial charge in [-0.2, -0.15) is 0 Å². The van der Waals surface area contributed by atoms with E-state index in [-0.39, 0.29) is 22.8 Å². The molecule has 6 aromatic rings. The van der Waals surface area contributed by atoms with Gasteiger partial charge in [0.05, 0.1) is 22.2 Å². The van der Waals surface area contributed by atoms with Crippen LogP contribution in [0.15, 0.2) is 115 Å². The Labute approximate surface area is 222 Å². The molecule has 5 nitrogen and oxygen atoms in total. The van der Waals surface area contributed by atoms with Crippen LogP contribution in [0.3, 0.4) is 0 Å². The predicted octanol–water partition coefficient (Wildman–Crippen LogP) is 7.78. The number of aromatic nitrogens is 2. The molecule has 0 radical (unpaired) electrons. The highest BCUT2D eigenvalue weighted by molar-refractivity contribution is 7.17. The second-order valence-corrected chi connectivity index (χ2v) is 10.1. The molecule has 0 saturated heterocycles. The first-order valence-electron chi connectivity index (χ1n) is 12.2. The van der Waals surface area contributed by atoms with E-state index in [1.807, 2.05) is 97.1 Å². The van der Waals surface area contributed by atoms with E-state index in [0.717, 1.165) is 37.7 Å². The molecule has 0 spiro atoms. The van der Waals surface area contributed by atoms with Crippen molar-refractivity contribution in [1.29, 1.82) is 0 Å². The van der Waals surface area contributed by atoms with Gasteiger partial charge in [0.1, 0.15) is 16.5 Å². The Morgan fingerprint density at radius 2 is 1.37 bits per heavy atom. The molecule has 0 fully saturated rings. The highest BCUT2D eigenvalue weighted by Crippen LogP contribution is 2.39. The number of pyridine rings is 2. The average molecular weight is 510 g/mol. The van der Waals surface area contributed by atoms with Crippen molar-refractivity contribution in [2.24, 2.45) is 0 Å². The molecule has 0 N–H and O–H groups in total. The van der Waals surface area contributed by atoms with E-state index >= 15 is 0 Å². The molecular formula is C32H19N3O2S. The van der Waals surface area contributed by atoms with Crippen LogP contribution in [0.4, 0.5) is 16.5 Å². The summed E-state index contributed by atoms with van der Waals surface area (Å²) >= 11 is 1.49. The number of carbonyl (C=O) groups excluding carboxylic acids is 2. The number of fused-ring (bicyclic) bond motifs is 3. The largest absolute Gasteiger partial charge is 0.288 e. The summed E-state index contributed by atoms with van der Waals surface area (Å²) in [6, 6.07) is 35.3. The van der Waals surface area contributed by atoms with Gasteiger partial charge in [-0.15, -0.1) is 11.3 Å². The minimum absolute atomic E-state index is 0.145. The molecule has 3 heterocycles. The summed E-state index contributed by atoms with van der Waals surface area (Å²) in [5, 5.41) is 2.83. The van der Waals surface area contributed by atoms with Crippen LogP contribution < -0.4 is 4.90 Å². The van der Waals surface area contributed by atoms with E-state index in [1.54, 1.807) is 12.1 Å². The van der Waals surface area contributed by atoms with Crippen LogP contribution in [0.25, 0.3) is 27.9 Å². The zero-order valence-electron chi connectivity index (χ0n) is 20.0. The fraction of sp³-hybridized carbons (Fsp3) is 0. The number of ketones is 2. The zero-order valence-corrected chi connectivity index (χ0v) is 20.9. The molecule has 0 unspecified atom stereocenters. The zero-order chi connectivity index (χ0) is 25.6. The molecule has 1 aliphatic carbocycles. The summed E-state index contributed by atoms with van der Waals surface area (Å²) in [5.41, 5.74) is 3.31. The number of anilines is 3. The first-order chi connectivity index (χ1) is 18.7. The number of thiophene rings is 1. The summed E-state index contributed by atoms with van der Waals surface area (Å²) in [6.07, 6.45) is 1.68. The molecule has 0 aliphatic heterocycles. The molecule has 38 heavy (non-hydrogen) atoms. The molecule has 0 atom stereocenters. The lowest BCUT2D eigenvalue weighted by Crippen LogP contribution is -2.09. The maximum atomic E-state index is 13.2. The summed E-state index contributed by atoms with van der Waals surface area (Å²) < 4.78 is 0. The average Bonchev–Trinajstić information content (AvgIpc) is 3.51. The van der Waals surface area contributed by atoms with Gasteiger partial charge in [-0.1, -0.05) is 54.6 Å². The third-order valence-corrected chi connectivity index (χ3v) is 7.64. The van der Waals surface area contributed by atoms with Crippen molar-refractivity contribution in [1.82, 2.24) is 9.97 Å². The van der Waals surface area contributed by atoms with Gasteiger partial charge in [0.25, 0.3) is 0 Å². The van der Waals surface area contributed by atoms with Gasteiger partial charge in [0.2, 0.25) is 5.78 Å². The number of rotatable bonds is 4. The smallest absolute Gasteiger partial charge is 0.216 e. The van der Waals surface area contributed by atoms with E-state index < -0.39 is 0 Å². The van der Waals surface area contributed by atoms with Crippen molar-refractivity contribution in [3.05, 3.63) is 131 Å². The van der Waals surface area contributed by atoms with Crippen LogP contribution in [0.2, 0.25) is 0 Å². The summed E-state index contributed by atoms with van der Waals surface area (Å²) in [4.78, 5) is 38.7. The van der Waals surface area contributed by atoms with Gasteiger partial charge in [-0.25, -0.2) is 9.97 Å². The van der Waals surface area contributed by atoms with E-state index in [2.05, 4.69) is 16.0 Å². The molecule has 0 amide bonds. The number of hydrogen-bond acceptors (Lipinski definition) is 6. The molecule has 7 rings (SSSR count). The Bertz CT molecular complexity index is 1870. The molecular weight excluding hydrogens is 490 g/mol. The number of Topliss-reactive ketones (excluding diaryl/α,β-unsaturated/α-hetero) is 2. The van der Waals surface area contributed by atoms with E-state index in [0.29, 0.717) is 11.1 Å². The van der Waals surface area contributed by atoms with Gasteiger partial charge in [-0.3, -0.25) is 14.5 Å². The lowest BCUT2D eigenvalue weighted by atomic mass is 10.1. The van der Waals surface area contributed by atoms with Crippen molar-refractivity contribution in [2.45, 2.75) is 0 Å². The second kappa shape index (κ2) is 8.87. The SMILES string of the molecule is O=C1/C(=C\c2ccc(N(c3ccccc3)c3ccc4ccccc4n3)s2)C(=O)c2nc3ccccc3cc21. The molecule has 0 saturated carbocycles. The van der Waals surface area contributed by atoms with Gasteiger partial charge in [0, 0.05) is 21.3 Å². The Morgan fingerprint density at radius 3 is 2.18 bits per heavy atom. The van der Waals surface area contributed by atoms with Crippen LogP contribution in [0.5, 0.6) is 0 Å². The third-order valence-electron chi connectivity index (χ3n) is 6.62. The van der Waals surface area contributed by atoms with Crippen LogP contribution in [-0.2, 0) is 0 Å². The van der Waals surface area contributed by atoms with Gasteiger partial charge < -0.3 is 0 Å². The topological polar surface area (TPSA) is 63.2 Å². The highest BCUT2D eigenvalue weighted by atomic mass is 32.1. The van der Waals surface area contributed by atoms with Crippen LogP contribution in [0, 0.1) is 0 Å². The Kier molecular flexibility index (Phi) is 5.20. The Morgan fingerprint density at radius 1 is 0.658 bits per heavy atom. The molecule has 3 aromatic carbocycles. The Balaban J connectivity index is 1.29. The predicted molar refractivity (Wildman–Crippen MR) is 153 cm³/mol. The normalized spacial score (nSPS) is 13.9. The number of hydrogen-bond donors (Lipinski definition) is 0.